The van der Waals surface area contributed by atoms with E-state index in [1.54, 1.807) is 0 Å². The van der Waals surface area contributed by atoms with E-state index in [2.05, 4.69) is 12.2 Å². The molecule has 0 bridgehead atoms. The van der Waals surface area contributed by atoms with Gasteiger partial charge in [-0.3, -0.25) is 9.59 Å². The van der Waals surface area contributed by atoms with Gasteiger partial charge in [-0.1, -0.05) is 19.3 Å². The number of amides is 2. The van der Waals surface area contributed by atoms with Crippen molar-refractivity contribution < 1.29 is 9.59 Å². The van der Waals surface area contributed by atoms with Gasteiger partial charge in [0.15, 0.2) is 0 Å². The Morgan fingerprint density at radius 3 is 2.35 bits per heavy atom. The molecule has 2 aliphatic carbocycles. The van der Waals surface area contributed by atoms with E-state index < -0.39 is 0 Å². The van der Waals surface area contributed by atoms with E-state index in [-0.39, 0.29) is 29.9 Å². The van der Waals surface area contributed by atoms with Gasteiger partial charge in [0.25, 0.3) is 0 Å². The number of carbonyl (C=O) groups excluding carboxylic acids is 2. The molecule has 0 aromatic rings. The third-order valence-corrected chi connectivity index (χ3v) is 5.48. The van der Waals surface area contributed by atoms with Crippen molar-refractivity contribution in [1.82, 2.24) is 10.2 Å². The summed E-state index contributed by atoms with van der Waals surface area (Å²) in [5.74, 6) is 1.16. The van der Waals surface area contributed by atoms with Gasteiger partial charge in [0.1, 0.15) is 12.1 Å². The highest BCUT2D eigenvalue weighted by atomic mass is 16.2. The number of rotatable bonds is 3. The quantitative estimate of drug-likeness (QED) is 0.859. The molecule has 0 aromatic carbocycles. The number of nitrogens with zero attached hydrogens (tertiary/aromatic N) is 1. The van der Waals surface area contributed by atoms with Gasteiger partial charge in [0.2, 0.25) is 11.8 Å². The van der Waals surface area contributed by atoms with Gasteiger partial charge in [-0.15, -0.1) is 0 Å². The van der Waals surface area contributed by atoms with Crippen molar-refractivity contribution in [2.75, 3.05) is 0 Å². The molecule has 1 saturated heterocycles. The first-order valence-corrected chi connectivity index (χ1v) is 8.22. The maximum atomic E-state index is 12.9. The Balaban J connectivity index is 1.77. The van der Waals surface area contributed by atoms with Gasteiger partial charge in [-0.05, 0) is 51.4 Å². The van der Waals surface area contributed by atoms with E-state index in [4.69, 9.17) is 0 Å². The summed E-state index contributed by atoms with van der Waals surface area (Å²) >= 11 is 0. The third kappa shape index (κ3) is 2.45. The Labute approximate surface area is 121 Å². The monoisotopic (exact) mass is 278 g/mol. The summed E-state index contributed by atoms with van der Waals surface area (Å²) in [4.78, 5) is 27.0. The molecule has 0 radical (unpaired) electrons. The molecule has 3 rings (SSSR count). The molecule has 4 nitrogen and oxygen atoms in total. The summed E-state index contributed by atoms with van der Waals surface area (Å²) in [6.07, 6.45) is 8.22. The topological polar surface area (TPSA) is 49.4 Å². The molecular weight excluding hydrogens is 252 g/mol. The summed E-state index contributed by atoms with van der Waals surface area (Å²) < 4.78 is 0. The van der Waals surface area contributed by atoms with Gasteiger partial charge < -0.3 is 10.2 Å². The van der Waals surface area contributed by atoms with E-state index in [1.807, 2.05) is 11.8 Å². The molecule has 3 aliphatic rings. The predicted octanol–water partition coefficient (Wildman–Crippen LogP) is 2.08. The largest absolute Gasteiger partial charge is 0.342 e. The van der Waals surface area contributed by atoms with Crippen molar-refractivity contribution in [3.63, 3.8) is 0 Å². The minimum absolute atomic E-state index is 0.0349. The zero-order chi connectivity index (χ0) is 14.3. The first kappa shape index (κ1) is 13.9. The van der Waals surface area contributed by atoms with E-state index in [0.29, 0.717) is 11.8 Å². The molecule has 1 N–H and O–H groups in total. The van der Waals surface area contributed by atoms with Crippen LogP contribution in [0, 0.1) is 11.8 Å². The van der Waals surface area contributed by atoms with Crippen LogP contribution in [0.2, 0.25) is 0 Å². The number of piperazine rings is 1. The molecule has 2 saturated carbocycles. The Kier molecular flexibility index (Phi) is 3.74. The Bertz CT molecular complexity index is 399. The van der Waals surface area contributed by atoms with Crippen LogP contribution in [0.3, 0.4) is 0 Å². The van der Waals surface area contributed by atoms with Crippen molar-refractivity contribution in [1.29, 1.82) is 0 Å². The highest BCUT2D eigenvalue weighted by Crippen LogP contribution is 2.38. The van der Waals surface area contributed by atoms with Crippen LogP contribution < -0.4 is 5.32 Å². The average Bonchev–Trinajstić information content (AvgIpc) is 3.28. The normalized spacial score (nSPS) is 34.0. The predicted molar refractivity (Wildman–Crippen MR) is 77.0 cm³/mol. The molecular formula is C16H26N2O2. The summed E-state index contributed by atoms with van der Waals surface area (Å²) in [5, 5.41) is 3.00. The Hall–Kier alpha value is -1.06. The summed E-state index contributed by atoms with van der Waals surface area (Å²) in [7, 11) is 0. The lowest BCUT2D eigenvalue weighted by molar-refractivity contribution is -0.153. The van der Waals surface area contributed by atoms with Crippen LogP contribution in [-0.4, -0.2) is 34.8 Å². The molecule has 0 spiro atoms. The first-order chi connectivity index (χ1) is 9.59. The fourth-order valence-corrected chi connectivity index (χ4v) is 3.96. The zero-order valence-corrected chi connectivity index (χ0v) is 12.6. The Morgan fingerprint density at radius 1 is 1.10 bits per heavy atom. The van der Waals surface area contributed by atoms with Gasteiger partial charge >= 0.3 is 0 Å². The standard InChI is InChI=1S/C16H26N2O2/c1-10(12-8-9-12)18-11(2)15(19)17-14(16(18)20)13-6-4-3-5-7-13/h10-14H,3-9H2,1-2H3,(H,17,19). The summed E-state index contributed by atoms with van der Waals surface area (Å²) in [6.45, 7) is 3.98. The molecule has 4 heteroatoms. The lowest BCUT2D eigenvalue weighted by atomic mass is 9.82. The van der Waals surface area contributed by atoms with E-state index in [1.165, 1.54) is 32.1 Å². The second-order valence-electron chi connectivity index (χ2n) is 6.88. The molecule has 1 aliphatic heterocycles. The van der Waals surface area contributed by atoms with Crippen LogP contribution in [0.25, 0.3) is 0 Å². The highest BCUT2D eigenvalue weighted by molar-refractivity contribution is 5.97. The minimum Gasteiger partial charge on any atom is -0.342 e. The minimum atomic E-state index is -0.307. The molecule has 20 heavy (non-hydrogen) atoms. The zero-order valence-electron chi connectivity index (χ0n) is 12.6. The first-order valence-electron chi connectivity index (χ1n) is 8.22. The summed E-state index contributed by atoms with van der Waals surface area (Å²) in [6, 6.07) is -0.354. The lowest BCUT2D eigenvalue weighted by Crippen LogP contribution is -2.66. The van der Waals surface area contributed by atoms with Crippen LogP contribution >= 0.6 is 0 Å². The van der Waals surface area contributed by atoms with Crippen molar-refractivity contribution in [3.8, 4) is 0 Å². The Morgan fingerprint density at radius 2 is 1.75 bits per heavy atom. The molecule has 3 fully saturated rings. The van der Waals surface area contributed by atoms with Gasteiger partial charge in [-0.25, -0.2) is 0 Å². The molecule has 0 aromatic heterocycles. The van der Waals surface area contributed by atoms with Crippen LogP contribution in [0.5, 0.6) is 0 Å². The van der Waals surface area contributed by atoms with Crippen LogP contribution in [0.4, 0.5) is 0 Å². The molecule has 3 atom stereocenters. The molecule has 1 heterocycles. The molecule has 3 unspecified atom stereocenters. The number of nitrogens with one attached hydrogen (secondary N) is 1. The van der Waals surface area contributed by atoms with Crippen molar-refractivity contribution in [2.24, 2.45) is 11.8 Å². The van der Waals surface area contributed by atoms with Crippen LogP contribution in [-0.2, 0) is 9.59 Å². The maximum absolute atomic E-state index is 12.9. The van der Waals surface area contributed by atoms with Crippen LogP contribution in [0.1, 0.15) is 58.8 Å². The van der Waals surface area contributed by atoms with Crippen molar-refractivity contribution in [3.05, 3.63) is 0 Å². The van der Waals surface area contributed by atoms with Gasteiger partial charge in [-0.2, -0.15) is 0 Å². The second kappa shape index (κ2) is 5.38. The summed E-state index contributed by atoms with van der Waals surface area (Å²) in [5.41, 5.74) is 0. The fraction of sp³-hybridized carbons (Fsp3) is 0.875. The lowest BCUT2D eigenvalue weighted by Gasteiger charge is -2.44. The average molecular weight is 278 g/mol. The fourth-order valence-electron chi connectivity index (χ4n) is 3.96. The highest BCUT2D eigenvalue weighted by Gasteiger charge is 2.46. The van der Waals surface area contributed by atoms with E-state index in [0.717, 1.165) is 12.8 Å². The number of hydrogen-bond acceptors (Lipinski definition) is 2. The second-order valence-corrected chi connectivity index (χ2v) is 6.88. The van der Waals surface area contributed by atoms with Crippen LogP contribution in [0.15, 0.2) is 0 Å². The third-order valence-electron chi connectivity index (χ3n) is 5.48. The van der Waals surface area contributed by atoms with Gasteiger partial charge in [0, 0.05) is 6.04 Å². The number of carbonyl (C=O) groups is 2. The van der Waals surface area contributed by atoms with Crippen molar-refractivity contribution >= 4 is 11.8 Å². The molecule has 112 valence electrons. The van der Waals surface area contributed by atoms with E-state index >= 15 is 0 Å². The number of hydrogen-bond donors (Lipinski definition) is 1. The van der Waals surface area contributed by atoms with E-state index in [9.17, 15) is 9.59 Å². The SMILES string of the molecule is CC1C(=O)NC(C2CCCCC2)C(=O)N1C(C)C1CC1. The molecule has 2 amide bonds. The van der Waals surface area contributed by atoms with Crippen molar-refractivity contribution in [2.45, 2.75) is 76.9 Å². The maximum Gasteiger partial charge on any atom is 0.246 e. The van der Waals surface area contributed by atoms with Gasteiger partial charge in [0.05, 0.1) is 0 Å². The smallest absolute Gasteiger partial charge is 0.246 e.